The molecule has 0 saturated heterocycles. The third-order valence-corrected chi connectivity index (χ3v) is 4.67. The molecule has 0 amide bonds. The number of rotatable bonds is 6. The third-order valence-electron chi connectivity index (χ3n) is 4.02. The van der Waals surface area contributed by atoms with E-state index in [0.29, 0.717) is 26.0 Å². The molecule has 0 bridgehead atoms. The van der Waals surface area contributed by atoms with Crippen LogP contribution in [0.5, 0.6) is 17.2 Å². The zero-order valence-electron chi connectivity index (χ0n) is 15.7. The average Bonchev–Trinajstić information content (AvgIpc) is 2.71. The Labute approximate surface area is 180 Å². The summed E-state index contributed by atoms with van der Waals surface area (Å²) < 4.78 is 51.3. The van der Waals surface area contributed by atoms with Crippen LogP contribution in [0.2, 0.25) is 0 Å². The maximum Gasteiger partial charge on any atom is 0.431 e. The minimum atomic E-state index is -4.86. The molecule has 0 fully saturated rings. The Hall–Kier alpha value is -3.41. The zero-order valence-corrected chi connectivity index (χ0v) is 17.3. The average molecular weight is 500 g/mol. The van der Waals surface area contributed by atoms with E-state index in [1.165, 1.54) is 36.7 Å². The fourth-order valence-corrected chi connectivity index (χ4v) is 2.96. The number of nitrogens with zero attached hydrogens (tertiary/aromatic N) is 3. The van der Waals surface area contributed by atoms with Crippen LogP contribution in [0.1, 0.15) is 5.69 Å². The van der Waals surface area contributed by atoms with E-state index >= 15 is 0 Å². The summed E-state index contributed by atoms with van der Waals surface area (Å²) in [5.41, 5.74) is -3.67. The Morgan fingerprint density at radius 3 is 2.52 bits per heavy atom. The molecule has 2 heterocycles. The van der Waals surface area contributed by atoms with Crippen LogP contribution in [0.15, 0.2) is 56.8 Å². The molecule has 0 atom stereocenters. The monoisotopic (exact) mass is 499 g/mol. The lowest BCUT2D eigenvalue weighted by molar-refractivity contribution is -0.144. The number of benzene rings is 1. The Morgan fingerprint density at radius 2 is 1.84 bits per heavy atom. The first kappa shape index (κ1) is 22.3. The number of carbonyl (C=O) groups excluding carboxylic acids is 1. The van der Waals surface area contributed by atoms with E-state index in [0.717, 1.165) is 7.05 Å². The largest absolute Gasteiger partial charge is 0.484 e. The van der Waals surface area contributed by atoms with Crippen molar-refractivity contribution in [1.29, 1.82) is 0 Å². The lowest BCUT2D eigenvalue weighted by atomic mass is 10.3. The first-order valence-corrected chi connectivity index (χ1v) is 9.30. The number of alkyl halides is 3. The predicted octanol–water partition coefficient (Wildman–Crippen LogP) is 3.08. The van der Waals surface area contributed by atoms with Crippen molar-refractivity contribution < 1.29 is 27.4 Å². The number of hydrogen-bond donors (Lipinski definition) is 0. The molecule has 12 heteroatoms. The number of aromatic nitrogens is 3. The van der Waals surface area contributed by atoms with Crippen molar-refractivity contribution >= 4 is 22.2 Å². The van der Waals surface area contributed by atoms with E-state index in [1.54, 1.807) is 0 Å². The van der Waals surface area contributed by atoms with Gasteiger partial charge in [0.2, 0.25) is 0 Å². The number of pyridine rings is 1. The molecule has 0 radical (unpaired) electrons. The van der Waals surface area contributed by atoms with Crippen molar-refractivity contribution in [2.24, 2.45) is 7.05 Å². The highest BCUT2D eigenvalue weighted by Crippen LogP contribution is 2.32. The standard InChI is InChI=1S/C19H13BrF3N3O5/c1-25-16(19(21,22)23)8-17(28)26(18(25)29)11-2-3-14(20)15(6-11)31-13-7-12(9-24-10-13)30-5-4-27/h2-4,6-10H,5H2,1H3. The molecule has 8 nitrogen and oxygen atoms in total. The molecule has 3 rings (SSSR count). The molecule has 3 aromatic rings. The molecule has 0 spiro atoms. The molecule has 2 aromatic heterocycles. The molecule has 0 saturated carbocycles. The van der Waals surface area contributed by atoms with Crippen LogP contribution in [0.4, 0.5) is 13.2 Å². The summed E-state index contributed by atoms with van der Waals surface area (Å²) >= 11 is 3.27. The number of hydrogen-bond acceptors (Lipinski definition) is 6. The van der Waals surface area contributed by atoms with E-state index in [2.05, 4.69) is 20.9 Å². The quantitative estimate of drug-likeness (QED) is 0.484. The minimum Gasteiger partial charge on any atom is -0.484 e. The van der Waals surface area contributed by atoms with Gasteiger partial charge in [0.05, 0.1) is 22.6 Å². The van der Waals surface area contributed by atoms with Crippen molar-refractivity contribution in [2.45, 2.75) is 6.18 Å². The SMILES string of the molecule is Cn1c(C(F)(F)F)cc(=O)n(-c2ccc(Br)c(Oc3cncc(OCC=O)c3)c2)c1=O. The number of ether oxygens (including phenoxy) is 2. The second-order valence-corrected chi connectivity index (χ2v) is 6.95. The van der Waals surface area contributed by atoms with Gasteiger partial charge < -0.3 is 9.47 Å². The van der Waals surface area contributed by atoms with Crippen molar-refractivity contribution in [3.05, 3.63) is 73.7 Å². The van der Waals surface area contributed by atoms with E-state index in [1.807, 2.05) is 0 Å². The van der Waals surface area contributed by atoms with Crippen LogP contribution in [-0.2, 0) is 18.0 Å². The molecular formula is C19H13BrF3N3O5. The van der Waals surface area contributed by atoms with Crippen molar-refractivity contribution in [1.82, 2.24) is 14.1 Å². The molecular weight excluding hydrogens is 487 g/mol. The summed E-state index contributed by atoms with van der Waals surface area (Å²) in [6, 6.07) is 5.95. The first-order chi connectivity index (χ1) is 14.6. The molecule has 0 aliphatic rings. The fourth-order valence-electron chi connectivity index (χ4n) is 2.64. The van der Waals surface area contributed by atoms with Gasteiger partial charge >= 0.3 is 11.9 Å². The summed E-state index contributed by atoms with van der Waals surface area (Å²) in [4.78, 5) is 39.1. The van der Waals surface area contributed by atoms with Gasteiger partial charge in [0.25, 0.3) is 5.56 Å². The lowest BCUT2D eigenvalue weighted by Gasteiger charge is -2.15. The van der Waals surface area contributed by atoms with Crippen molar-refractivity contribution in [3.8, 4) is 22.9 Å². The van der Waals surface area contributed by atoms with Crippen molar-refractivity contribution in [2.75, 3.05) is 6.61 Å². The fraction of sp³-hybridized carbons (Fsp3) is 0.158. The molecule has 0 aliphatic carbocycles. The van der Waals surface area contributed by atoms with Gasteiger partial charge in [-0.05, 0) is 28.1 Å². The lowest BCUT2D eigenvalue weighted by Crippen LogP contribution is -2.40. The highest BCUT2D eigenvalue weighted by molar-refractivity contribution is 9.10. The van der Waals surface area contributed by atoms with Gasteiger partial charge in [-0.2, -0.15) is 13.2 Å². The maximum absolute atomic E-state index is 13.0. The van der Waals surface area contributed by atoms with E-state index in [9.17, 15) is 27.6 Å². The van der Waals surface area contributed by atoms with Crippen LogP contribution < -0.4 is 20.7 Å². The predicted molar refractivity (Wildman–Crippen MR) is 106 cm³/mol. The Bertz CT molecular complexity index is 1250. The molecule has 31 heavy (non-hydrogen) atoms. The molecule has 0 aliphatic heterocycles. The van der Waals surface area contributed by atoms with Gasteiger partial charge in [-0.15, -0.1) is 0 Å². The van der Waals surface area contributed by atoms with Crippen LogP contribution in [0.25, 0.3) is 5.69 Å². The van der Waals surface area contributed by atoms with E-state index < -0.39 is 23.1 Å². The smallest absolute Gasteiger partial charge is 0.431 e. The first-order valence-electron chi connectivity index (χ1n) is 8.51. The zero-order chi connectivity index (χ0) is 22.8. The molecule has 162 valence electrons. The number of halogens is 4. The summed E-state index contributed by atoms with van der Waals surface area (Å²) in [5, 5.41) is 0. The molecule has 1 aromatic carbocycles. The number of aldehydes is 1. The van der Waals surface area contributed by atoms with Gasteiger partial charge in [-0.3, -0.25) is 19.1 Å². The van der Waals surface area contributed by atoms with Crippen LogP contribution in [-0.4, -0.2) is 27.0 Å². The van der Waals surface area contributed by atoms with Gasteiger partial charge in [0.15, 0.2) is 6.29 Å². The van der Waals surface area contributed by atoms with Gasteiger partial charge in [0.1, 0.15) is 29.5 Å². The van der Waals surface area contributed by atoms with Gasteiger partial charge in [0, 0.05) is 25.2 Å². The van der Waals surface area contributed by atoms with Gasteiger partial charge in [-0.1, -0.05) is 0 Å². The minimum absolute atomic E-state index is 0.00107. The van der Waals surface area contributed by atoms with Crippen LogP contribution in [0, 0.1) is 0 Å². The van der Waals surface area contributed by atoms with E-state index in [4.69, 9.17) is 9.47 Å². The van der Waals surface area contributed by atoms with E-state index in [-0.39, 0.29) is 29.5 Å². The maximum atomic E-state index is 13.0. The van der Waals surface area contributed by atoms with Gasteiger partial charge in [-0.25, -0.2) is 9.36 Å². The van der Waals surface area contributed by atoms with Crippen LogP contribution >= 0.6 is 15.9 Å². The summed E-state index contributed by atoms with van der Waals surface area (Å²) in [5.74, 6) is 0.638. The van der Waals surface area contributed by atoms with Crippen LogP contribution in [0.3, 0.4) is 0 Å². The Morgan fingerprint density at radius 1 is 1.13 bits per heavy atom. The summed E-state index contributed by atoms with van der Waals surface area (Å²) in [6.07, 6.45) is -1.57. The van der Waals surface area contributed by atoms with Crippen molar-refractivity contribution in [3.63, 3.8) is 0 Å². The summed E-state index contributed by atoms with van der Waals surface area (Å²) in [7, 11) is 0.924. The topological polar surface area (TPSA) is 92.4 Å². The third kappa shape index (κ3) is 4.85. The number of carbonyl (C=O) groups is 1. The Balaban J connectivity index is 2.03. The second kappa shape index (κ2) is 8.76. The highest BCUT2D eigenvalue weighted by atomic mass is 79.9. The molecule has 0 N–H and O–H groups in total. The highest BCUT2D eigenvalue weighted by Gasteiger charge is 2.35. The summed E-state index contributed by atoms with van der Waals surface area (Å²) in [6.45, 7) is -0.176. The second-order valence-electron chi connectivity index (χ2n) is 6.09. The normalized spacial score (nSPS) is 11.3. The Kier molecular flexibility index (Phi) is 6.29. The molecule has 0 unspecified atom stereocenters.